The van der Waals surface area contributed by atoms with E-state index in [1.165, 1.54) is 12.2 Å². The van der Waals surface area contributed by atoms with E-state index in [1.807, 2.05) is 0 Å². The number of fused-ring (bicyclic) bond motifs is 1. The highest BCUT2D eigenvalue weighted by atomic mass is 16.5. The number of nitrogens with zero attached hydrogens (tertiary/aromatic N) is 2. The fourth-order valence-electron chi connectivity index (χ4n) is 2.18. The number of allylic oxidation sites excluding steroid dienone is 3. The van der Waals surface area contributed by atoms with Gasteiger partial charge in [0, 0.05) is 12.5 Å². The molecule has 18 heavy (non-hydrogen) atoms. The van der Waals surface area contributed by atoms with Crippen LogP contribution >= 0.6 is 0 Å². The van der Waals surface area contributed by atoms with Crippen molar-refractivity contribution in [2.45, 2.75) is 32.9 Å². The van der Waals surface area contributed by atoms with Gasteiger partial charge >= 0.3 is 0 Å². The minimum Gasteiger partial charge on any atom is -0.466 e. The number of ether oxygens (including phenoxy) is 1. The molecule has 2 aliphatic rings. The lowest BCUT2D eigenvalue weighted by atomic mass is 10.1. The number of ketones is 1. The number of carbonyl (C=O) groups is 1. The molecule has 4 heteroatoms. The van der Waals surface area contributed by atoms with E-state index in [1.54, 1.807) is 6.08 Å². The zero-order valence-corrected chi connectivity index (χ0v) is 11.1. The van der Waals surface area contributed by atoms with Crippen LogP contribution in [0, 0.1) is 0 Å². The summed E-state index contributed by atoms with van der Waals surface area (Å²) in [6, 6.07) is 0. The van der Waals surface area contributed by atoms with E-state index in [0.717, 1.165) is 38.2 Å². The zero-order chi connectivity index (χ0) is 13.0. The third kappa shape index (κ3) is 3.07. The molecule has 1 heterocycles. The van der Waals surface area contributed by atoms with Gasteiger partial charge in [-0.25, -0.2) is 4.99 Å². The molecule has 4 nitrogen and oxygen atoms in total. The van der Waals surface area contributed by atoms with Gasteiger partial charge in [0.15, 0.2) is 17.8 Å². The number of aliphatic imine (C=N–C) groups is 1. The molecular formula is C14H20N2O2. The SMILES string of the molecule is CCN(CC)CCCC1N=C2C=CC(=O)C=C2O1. The lowest BCUT2D eigenvalue weighted by Gasteiger charge is -2.18. The van der Waals surface area contributed by atoms with Gasteiger partial charge in [-0.1, -0.05) is 13.8 Å². The molecular weight excluding hydrogens is 228 g/mol. The van der Waals surface area contributed by atoms with Gasteiger partial charge in [-0.05, 0) is 38.2 Å². The molecule has 0 fully saturated rings. The maximum Gasteiger partial charge on any atom is 0.190 e. The van der Waals surface area contributed by atoms with Gasteiger partial charge in [-0.3, -0.25) is 4.79 Å². The minimum absolute atomic E-state index is 0.0206. The molecule has 0 bridgehead atoms. The van der Waals surface area contributed by atoms with Gasteiger partial charge in [-0.2, -0.15) is 0 Å². The van der Waals surface area contributed by atoms with Gasteiger partial charge in [-0.15, -0.1) is 0 Å². The van der Waals surface area contributed by atoms with Crippen molar-refractivity contribution < 1.29 is 9.53 Å². The van der Waals surface area contributed by atoms with E-state index < -0.39 is 0 Å². The molecule has 1 atom stereocenters. The molecule has 0 saturated heterocycles. The molecule has 98 valence electrons. The molecule has 0 aromatic carbocycles. The molecule has 1 aliphatic heterocycles. The first kappa shape index (κ1) is 13.0. The topological polar surface area (TPSA) is 41.9 Å². The van der Waals surface area contributed by atoms with Gasteiger partial charge in [0.05, 0.1) is 0 Å². The highest BCUT2D eigenvalue weighted by molar-refractivity contribution is 6.19. The Morgan fingerprint density at radius 3 is 2.83 bits per heavy atom. The normalized spacial score (nSPS) is 21.7. The van der Waals surface area contributed by atoms with Crippen molar-refractivity contribution in [3.63, 3.8) is 0 Å². The van der Waals surface area contributed by atoms with Crippen LogP contribution in [0.15, 0.2) is 29.0 Å². The summed E-state index contributed by atoms with van der Waals surface area (Å²) >= 11 is 0. The Kier molecular flexibility index (Phi) is 4.31. The van der Waals surface area contributed by atoms with Crippen molar-refractivity contribution >= 4 is 11.5 Å². The summed E-state index contributed by atoms with van der Waals surface area (Å²) < 4.78 is 5.65. The minimum atomic E-state index is -0.114. The highest BCUT2D eigenvalue weighted by Gasteiger charge is 2.24. The Hall–Kier alpha value is -1.42. The maximum atomic E-state index is 11.2. The van der Waals surface area contributed by atoms with Crippen molar-refractivity contribution in [1.82, 2.24) is 4.90 Å². The Bertz CT molecular complexity index is 406. The number of rotatable bonds is 6. The number of hydrogen-bond donors (Lipinski definition) is 0. The predicted molar refractivity (Wildman–Crippen MR) is 71.6 cm³/mol. The zero-order valence-electron chi connectivity index (χ0n) is 11.1. The Morgan fingerprint density at radius 2 is 2.11 bits per heavy atom. The standard InChI is InChI=1S/C14H20N2O2/c1-3-16(4-2)9-5-6-14-15-12-8-7-11(17)10-13(12)18-14/h7-8,10,14H,3-6,9H2,1-2H3. The second-order valence-electron chi connectivity index (χ2n) is 4.50. The molecule has 1 unspecified atom stereocenters. The predicted octanol–water partition coefficient (Wildman–Crippen LogP) is 1.93. The summed E-state index contributed by atoms with van der Waals surface area (Å²) in [5.74, 6) is 0.614. The first-order valence-electron chi connectivity index (χ1n) is 6.63. The second kappa shape index (κ2) is 5.96. The van der Waals surface area contributed by atoms with E-state index in [-0.39, 0.29) is 12.0 Å². The fourth-order valence-corrected chi connectivity index (χ4v) is 2.18. The van der Waals surface area contributed by atoms with E-state index in [2.05, 4.69) is 23.7 Å². The average molecular weight is 248 g/mol. The van der Waals surface area contributed by atoms with Crippen LogP contribution in [0.3, 0.4) is 0 Å². The van der Waals surface area contributed by atoms with E-state index in [9.17, 15) is 4.79 Å². The molecule has 0 N–H and O–H groups in total. The van der Waals surface area contributed by atoms with Crippen LogP contribution < -0.4 is 0 Å². The van der Waals surface area contributed by atoms with Crippen LogP contribution in [0.2, 0.25) is 0 Å². The Balaban J connectivity index is 1.80. The molecule has 2 rings (SSSR count). The lowest BCUT2D eigenvalue weighted by Crippen LogP contribution is -2.24. The van der Waals surface area contributed by atoms with Crippen molar-refractivity contribution in [1.29, 1.82) is 0 Å². The Morgan fingerprint density at radius 1 is 1.33 bits per heavy atom. The van der Waals surface area contributed by atoms with Crippen molar-refractivity contribution in [3.05, 3.63) is 24.0 Å². The van der Waals surface area contributed by atoms with Crippen LogP contribution in [0.5, 0.6) is 0 Å². The van der Waals surface area contributed by atoms with Gasteiger partial charge < -0.3 is 9.64 Å². The fraction of sp³-hybridized carbons (Fsp3) is 0.571. The van der Waals surface area contributed by atoms with E-state index >= 15 is 0 Å². The van der Waals surface area contributed by atoms with Crippen molar-refractivity contribution in [2.24, 2.45) is 4.99 Å². The molecule has 0 aromatic heterocycles. The highest BCUT2D eigenvalue weighted by Crippen LogP contribution is 2.22. The van der Waals surface area contributed by atoms with E-state index in [0.29, 0.717) is 5.76 Å². The van der Waals surface area contributed by atoms with Crippen LogP contribution in [-0.2, 0) is 9.53 Å². The van der Waals surface area contributed by atoms with E-state index in [4.69, 9.17) is 4.74 Å². The summed E-state index contributed by atoms with van der Waals surface area (Å²) in [6.07, 6.45) is 6.64. The molecule has 0 saturated carbocycles. The van der Waals surface area contributed by atoms with Crippen LogP contribution in [0.25, 0.3) is 0 Å². The van der Waals surface area contributed by atoms with Crippen LogP contribution in [0.4, 0.5) is 0 Å². The van der Waals surface area contributed by atoms with Gasteiger partial charge in [0.25, 0.3) is 0 Å². The summed E-state index contributed by atoms with van der Waals surface area (Å²) in [6.45, 7) is 7.58. The quantitative estimate of drug-likeness (QED) is 0.674. The first-order valence-corrected chi connectivity index (χ1v) is 6.63. The molecule has 0 spiro atoms. The molecule has 0 radical (unpaired) electrons. The maximum absolute atomic E-state index is 11.2. The third-order valence-electron chi connectivity index (χ3n) is 3.30. The monoisotopic (exact) mass is 248 g/mol. The first-order chi connectivity index (χ1) is 8.72. The smallest absolute Gasteiger partial charge is 0.190 e. The summed E-state index contributed by atoms with van der Waals surface area (Å²) in [5, 5.41) is 0. The summed E-state index contributed by atoms with van der Waals surface area (Å²) in [7, 11) is 0. The third-order valence-corrected chi connectivity index (χ3v) is 3.30. The molecule has 1 aliphatic carbocycles. The number of carbonyl (C=O) groups excluding carboxylic acids is 1. The van der Waals surface area contributed by atoms with Gasteiger partial charge in [0.1, 0.15) is 5.71 Å². The Labute approximate surface area is 108 Å². The number of hydrogen-bond acceptors (Lipinski definition) is 4. The summed E-state index contributed by atoms with van der Waals surface area (Å²) in [4.78, 5) is 18.0. The lowest BCUT2D eigenvalue weighted by molar-refractivity contribution is -0.110. The van der Waals surface area contributed by atoms with Crippen LogP contribution in [-0.4, -0.2) is 42.3 Å². The largest absolute Gasteiger partial charge is 0.466 e. The molecule has 0 amide bonds. The van der Waals surface area contributed by atoms with Crippen LogP contribution in [0.1, 0.15) is 26.7 Å². The molecule has 0 aromatic rings. The summed E-state index contributed by atoms with van der Waals surface area (Å²) in [5.41, 5.74) is 0.808. The van der Waals surface area contributed by atoms with Crippen molar-refractivity contribution in [3.8, 4) is 0 Å². The van der Waals surface area contributed by atoms with Crippen molar-refractivity contribution in [2.75, 3.05) is 19.6 Å². The second-order valence-corrected chi connectivity index (χ2v) is 4.50. The average Bonchev–Trinajstić information content (AvgIpc) is 2.76. The van der Waals surface area contributed by atoms with Gasteiger partial charge in [0.2, 0.25) is 0 Å².